The van der Waals surface area contributed by atoms with Gasteiger partial charge in [-0.15, -0.1) is 11.3 Å². The van der Waals surface area contributed by atoms with Crippen molar-refractivity contribution in [3.05, 3.63) is 71.1 Å². The number of pyridine rings is 1. The van der Waals surface area contributed by atoms with Crippen molar-refractivity contribution < 1.29 is 9.18 Å². The van der Waals surface area contributed by atoms with Gasteiger partial charge < -0.3 is 11.1 Å². The summed E-state index contributed by atoms with van der Waals surface area (Å²) in [5.74, 6) is 0.0967. The summed E-state index contributed by atoms with van der Waals surface area (Å²) in [7, 11) is 0. The molecule has 8 heteroatoms. The van der Waals surface area contributed by atoms with Crippen LogP contribution in [0, 0.1) is 5.82 Å². The fraction of sp³-hybridized carbons (Fsp3) is 0.190. The van der Waals surface area contributed by atoms with E-state index in [2.05, 4.69) is 15.3 Å². The maximum atomic E-state index is 14.6. The average Bonchev–Trinajstić information content (AvgIpc) is 3.24. The number of hydrogen-bond donors (Lipinski definition) is 2. The van der Waals surface area contributed by atoms with E-state index < -0.39 is 5.54 Å². The molecule has 5 nitrogen and oxygen atoms in total. The number of aliphatic imine (C=N–C) groups is 1. The smallest absolute Gasteiger partial charge is 0.257 e. The monoisotopic (exact) mass is 426 g/mol. The molecular weight excluding hydrogens is 407 g/mol. The van der Waals surface area contributed by atoms with Gasteiger partial charge in [-0.1, -0.05) is 17.8 Å². The van der Waals surface area contributed by atoms with E-state index in [0.29, 0.717) is 28.4 Å². The molecule has 148 valence electrons. The average molecular weight is 427 g/mol. The van der Waals surface area contributed by atoms with Gasteiger partial charge in [0, 0.05) is 39.8 Å². The Balaban J connectivity index is 1.60. The lowest BCUT2D eigenvalue weighted by molar-refractivity contribution is 0.102. The first-order chi connectivity index (χ1) is 13.9. The van der Waals surface area contributed by atoms with Crippen molar-refractivity contribution >= 4 is 39.9 Å². The second-order valence-corrected chi connectivity index (χ2v) is 8.97. The van der Waals surface area contributed by atoms with E-state index in [4.69, 9.17) is 5.73 Å². The molecule has 0 spiro atoms. The van der Waals surface area contributed by atoms with E-state index in [0.717, 1.165) is 16.2 Å². The summed E-state index contributed by atoms with van der Waals surface area (Å²) in [6, 6.07) is 10.3. The molecular formula is C21H19FN4OS2. The fourth-order valence-electron chi connectivity index (χ4n) is 3.24. The van der Waals surface area contributed by atoms with E-state index in [1.807, 2.05) is 24.4 Å². The first kappa shape index (κ1) is 19.6. The van der Waals surface area contributed by atoms with Gasteiger partial charge in [-0.2, -0.15) is 0 Å². The van der Waals surface area contributed by atoms with Crippen LogP contribution in [-0.2, 0) is 5.54 Å². The number of aromatic nitrogens is 1. The molecule has 2 aromatic heterocycles. The molecule has 3 N–H and O–H groups in total. The van der Waals surface area contributed by atoms with Crippen LogP contribution in [0.4, 0.5) is 10.1 Å². The van der Waals surface area contributed by atoms with Gasteiger partial charge in [0.2, 0.25) is 0 Å². The molecule has 4 rings (SSSR count). The van der Waals surface area contributed by atoms with Crippen molar-refractivity contribution in [3.8, 4) is 10.4 Å². The predicted octanol–water partition coefficient (Wildman–Crippen LogP) is 4.87. The van der Waals surface area contributed by atoms with Crippen molar-refractivity contribution in [1.29, 1.82) is 0 Å². The topological polar surface area (TPSA) is 80.4 Å². The molecule has 0 bridgehead atoms. The van der Waals surface area contributed by atoms with Gasteiger partial charge in [0.1, 0.15) is 5.82 Å². The molecule has 1 aromatic carbocycles. The number of amides is 1. The minimum atomic E-state index is -0.749. The highest BCUT2D eigenvalue weighted by Gasteiger charge is 2.32. The number of carbonyl (C=O) groups is 1. The summed E-state index contributed by atoms with van der Waals surface area (Å²) in [5, 5.41) is 5.26. The van der Waals surface area contributed by atoms with Crippen molar-refractivity contribution in [2.24, 2.45) is 10.7 Å². The van der Waals surface area contributed by atoms with Crippen LogP contribution >= 0.6 is 23.1 Å². The molecule has 1 aliphatic heterocycles. The van der Waals surface area contributed by atoms with E-state index in [9.17, 15) is 9.18 Å². The summed E-state index contributed by atoms with van der Waals surface area (Å²) < 4.78 is 14.6. The minimum Gasteiger partial charge on any atom is -0.379 e. The van der Waals surface area contributed by atoms with E-state index >= 15 is 0 Å². The van der Waals surface area contributed by atoms with Crippen LogP contribution in [0.5, 0.6) is 0 Å². The second kappa shape index (κ2) is 7.96. The standard InChI is InChI=1S/C21H19FN4OS2/c1-21(6-8-29-20(23)26-21)16-10-15(4-5-17(16)22)25-19(27)14-9-13(11-24-12-14)18-3-2-7-28-18/h2-5,7,9-12H,6,8H2,1H3,(H2,23,26)(H,25,27). The quantitative estimate of drug-likeness (QED) is 0.624. The van der Waals surface area contributed by atoms with Crippen molar-refractivity contribution in [3.63, 3.8) is 0 Å². The van der Waals surface area contributed by atoms with Crippen LogP contribution in [0.1, 0.15) is 29.3 Å². The second-order valence-electron chi connectivity index (χ2n) is 6.91. The summed E-state index contributed by atoms with van der Waals surface area (Å²) in [5.41, 5.74) is 7.35. The van der Waals surface area contributed by atoms with E-state index in [1.54, 1.807) is 35.7 Å². The number of halogens is 1. The van der Waals surface area contributed by atoms with Crippen LogP contribution < -0.4 is 11.1 Å². The summed E-state index contributed by atoms with van der Waals surface area (Å²) in [4.78, 5) is 22.4. The Morgan fingerprint density at radius 1 is 1.28 bits per heavy atom. The largest absolute Gasteiger partial charge is 0.379 e. The van der Waals surface area contributed by atoms with Gasteiger partial charge in [-0.25, -0.2) is 4.39 Å². The van der Waals surface area contributed by atoms with Crippen LogP contribution in [0.3, 0.4) is 0 Å². The van der Waals surface area contributed by atoms with Gasteiger partial charge >= 0.3 is 0 Å². The molecule has 1 aliphatic rings. The van der Waals surface area contributed by atoms with Crippen molar-refractivity contribution in [1.82, 2.24) is 4.98 Å². The van der Waals surface area contributed by atoms with Gasteiger partial charge in [0.05, 0.1) is 11.1 Å². The van der Waals surface area contributed by atoms with E-state index in [-0.39, 0.29) is 11.7 Å². The van der Waals surface area contributed by atoms with Crippen LogP contribution in [0.2, 0.25) is 0 Å². The molecule has 0 radical (unpaired) electrons. The first-order valence-corrected chi connectivity index (χ1v) is 10.9. The molecule has 0 aliphatic carbocycles. The van der Waals surface area contributed by atoms with Crippen LogP contribution in [0.25, 0.3) is 10.4 Å². The number of thiophene rings is 1. The van der Waals surface area contributed by atoms with Gasteiger partial charge in [-0.3, -0.25) is 14.8 Å². The maximum Gasteiger partial charge on any atom is 0.257 e. The number of nitrogens with two attached hydrogens (primary N) is 1. The molecule has 1 unspecified atom stereocenters. The highest BCUT2D eigenvalue weighted by molar-refractivity contribution is 8.13. The van der Waals surface area contributed by atoms with Crippen molar-refractivity contribution in [2.75, 3.05) is 11.1 Å². The molecule has 3 heterocycles. The number of carbonyl (C=O) groups excluding carboxylic acids is 1. The Bertz CT molecular complexity index is 1080. The zero-order valence-corrected chi connectivity index (χ0v) is 17.3. The zero-order valence-electron chi connectivity index (χ0n) is 15.7. The Morgan fingerprint density at radius 3 is 2.90 bits per heavy atom. The SMILES string of the molecule is CC1(c2cc(NC(=O)c3cncc(-c4cccs4)c3)ccc2F)CCSC(N)=N1. The van der Waals surface area contributed by atoms with Gasteiger partial charge in [-0.05, 0) is 49.1 Å². The molecule has 1 atom stereocenters. The number of nitrogens with one attached hydrogen (secondary N) is 1. The lowest BCUT2D eigenvalue weighted by atomic mass is 9.89. The summed E-state index contributed by atoms with van der Waals surface area (Å²) >= 11 is 3.04. The normalized spacial score (nSPS) is 18.9. The van der Waals surface area contributed by atoms with Gasteiger partial charge in [0.15, 0.2) is 5.17 Å². The molecule has 3 aromatic rings. The number of amidine groups is 1. The lowest BCUT2D eigenvalue weighted by Gasteiger charge is -2.30. The zero-order chi connectivity index (χ0) is 20.4. The Hall–Kier alpha value is -2.71. The lowest BCUT2D eigenvalue weighted by Crippen LogP contribution is -2.29. The molecule has 0 saturated carbocycles. The van der Waals surface area contributed by atoms with Crippen LogP contribution in [-0.4, -0.2) is 21.8 Å². The van der Waals surface area contributed by atoms with Crippen molar-refractivity contribution in [2.45, 2.75) is 18.9 Å². The number of nitrogens with zero attached hydrogens (tertiary/aromatic N) is 2. The highest BCUT2D eigenvalue weighted by Crippen LogP contribution is 2.37. The highest BCUT2D eigenvalue weighted by atomic mass is 32.2. The fourth-order valence-corrected chi connectivity index (χ4v) is 4.92. The minimum absolute atomic E-state index is 0.305. The van der Waals surface area contributed by atoms with Gasteiger partial charge in [0.25, 0.3) is 5.91 Å². The molecule has 29 heavy (non-hydrogen) atoms. The Labute approximate surface area is 176 Å². The Kier molecular flexibility index (Phi) is 5.38. The number of benzene rings is 1. The summed E-state index contributed by atoms with van der Waals surface area (Å²) in [6.45, 7) is 1.86. The summed E-state index contributed by atoms with van der Waals surface area (Å²) in [6.07, 6.45) is 3.91. The third-order valence-electron chi connectivity index (χ3n) is 4.81. The first-order valence-electron chi connectivity index (χ1n) is 9.03. The number of anilines is 1. The van der Waals surface area contributed by atoms with Crippen LogP contribution in [0.15, 0.2) is 59.2 Å². The maximum absolute atomic E-state index is 14.6. The van der Waals surface area contributed by atoms with E-state index in [1.165, 1.54) is 24.0 Å². The third-order valence-corrected chi connectivity index (χ3v) is 6.52. The molecule has 0 saturated heterocycles. The number of hydrogen-bond acceptors (Lipinski definition) is 6. The third kappa shape index (κ3) is 4.18. The molecule has 1 amide bonds. The molecule has 0 fully saturated rings. The Morgan fingerprint density at radius 2 is 2.14 bits per heavy atom. The number of thioether (sulfide) groups is 1. The number of rotatable bonds is 4. The predicted molar refractivity (Wildman–Crippen MR) is 118 cm³/mol.